The lowest BCUT2D eigenvalue weighted by molar-refractivity contribution is -0.133. The molecule has 0 aromatic carbocycles. The van der Waals surface area contributed by atoms with Gasteiger partial charge in [-0.3, -0.25) is 19.4 Å². The van der Waals surface area contributed by atoms with Gasteiger partial charge in [0, 0.05) is 13.5 Å². The maximum absolute atomic E-state index is 13.1. The van der Waals surface area contributed by atoms with Crippen LogP contribution in [0.1, 0.15) is 78.6 Å². The van der Waals surface area contributed by atoms with E-state index in [1.54, 1.807) is 0 Å². The average molecular weight is 468 g/mol. The minimum atomic E-state index is -0.774. The fourth-order valence-corrected chi connectivity index (χ4v) is 4.19. The minimum absolute atomic E-state index is 0.0212. The van der Waals surface area contributed by atoms with E-state index < -0.39 is 18.1 Å². The zero-order chi connectivity index (χ0) is 24.8. The first-order valence-electron chi connectivity index (χ1n) is 12.0. The number of carbonyl (C=O) groups excluding carboxylic acids is 4. The van der Waals surface area contributed by atoms with Crippen LogP contribution in [0.2, 0.25) is 0 Å². The molecule has 188 valence electrons. The number of nitrogens with one attached hydrogen (secondary N) is 3. The van der Waals surface area contributed by atoms with E-state index >= 15 is 0 Å². The lowest BCUT2D eigenvalue weighted by Crippen LogP contribution is -2.55. The van der Waals surface area contributed by atoms with E-state index in [2.05, 4.69) is 20.9 Å². The summed E-state index contributed by atoms with van der Waals surface area (Å²) in [5.41, 5.74) is 10.6. The molecule has 10 nitrogen and oxygen atoms in total. The Morgan fingerprint density at radius 2 is 1.64 bits per heavy atom. The molecule has 0 aromatic rings. The van der Waals surface area contributed by atoms with Crippen LogP contribution >= 0.6 is 0 Å². The lowest BCUT2D eigenvalue weighted by Gasteiger charge is -2.29. The maximum atomic E-state index is 13.1. The van der Waals surface area contributed by atoms with E-state index in [0.717, 1.165) is 25.7 Å². The number of rotatable bonds is 14. The molecule has 0 radical (unpaired) electrons. The molecule has 0 heterocycles. The van der Waals surface area contributed by atoms with E-state index in [9.17, 15) is 19.2 Å². The van der Waals surface area contributed by atoms with Crippen LogP contribution in [0.25, 0.3) is 0 Å². The highest BCUT2D eigenvalue weighted by Gasteiger charge is 2.30. The highest BCUT2D eigenvalue weighted by molar-refractivity contribution is 5.92. The molecule has 0 aliphatic heterocycles. The Labute approximate surface area is 197 Å². The average Bonchev–Trinajstić information content (AvgIpc) is 2.74. The number of amides is 3. The van der Waals surface area contributed by atoms with Crippen molar-refractivity contribution in [2.75, 3.05) is 6.54 Å². The van der Waals surface area contributed by atoms with Crippen LogP contribution in [-0.2, 0) is 19.2 Å². The predicted octanol–water partition coefficient (Wildman–Crippen LogP) is 0.730. The van der Waals surface area contributed by atoms with Gasteiger partial charge in [0.25, 0.3) is 0 Å². The van der Waals surface area contributed by atoms with Gasteiger partial charge in [0.1, 0.15) is 18.4 Å². The van der Waals surface area contributed by atoms with Gasteiger partial charge >= 0.3 is 0 Å². The van der Waals surface area contributed by atoms with Crippen molar-refractivity contribution in [2.24, 2.45) is 28.3 Å². The van der Waals surface area contributed by atoms with Crippen LogP contribution in [0.4, 0.5) is 0 Å². The summed E-state index contributed by atoms with van der Waals surface area (Å²) in [6.45, 7) is 5.65. The molecule has 1 saturated carbocycles. The second kappa shape index (κ2) is 15.2. The fraction of sp³-hybridized carbons (Fsp3) is 0.783. The molecule has 3 amide bonds. The SMILES string of the molecule is CC(=O)N[C@@H](CC(C)C)C(=O)N[C@@H](CC1CCCCC1)C(=O)N[C@@H](CCCN=C(N)N)[13CH]=O. The number of hydrogen-bond donors (Lipinski definition) is 5. The topological polar surface area (TPSA) is 169 Å². The van der Waals surface area contributed by atoms with Crippen LogP contribution in [0.5, 0.6) is 0 Å². The summed E-state index contributed by atoms with van der Waals surface area (Å²) in [4.78, 5) is 53.1. The second-order valence-corrected chi connectivity index (χ2v) is 9.38. The van der Waals surface area contributed by atoms with Gasteiger partial charge in [-0.15, -0.1) is 0 Å². The number of hydrogen-bond acceptors (Lipinski definition) is 5. The standard InChI is InChI=1S/C23H42N6O4/c1-15(2)12-19(27-16(3)31)22(33)29-20(13-17-8-5-4-6-9-17)21(32)28-18(14-30)10-7-11-26-23(24)25/h14-15,17-20H,4-13H2,1-3H3,(H,27,31)(H,28,32)(H,29,33)(H4,24,25,26)/t18-,19-,20-/m0/s1/i14+1. The number of aliphatic imine (C=N–C) groups is 1. The Morgan fingerprint density at radius 3 is 2.18 bits per heavy atom. The summed E-state index contributed by atoms with van der Waals surface area (Å²) >= 11 is 0. The summed E-state index contributed by atoms with van der Waals surface area (Å²) in [6, 6.07) is -2.19. The smallest absolute Gasteiger partial charge is 0.243 e. The van der Waals surface area contributed by atoms with Crippen molar-refractivity contribution in [1.29, 1.82) is 0 Å². The molecule has 33 heavy (non-hydrogen) atoms. The van der Waals surface area contributed by atoms with Gasteiger partial charge in [0.2, 0.25) is 17.7 Å². The quantitative estimate of drug-likeness (QED) is 0.0829. The Morgan fingerprint density at radius 1 is 1.00 bits per heavy atom. The summed E-state index contributed by atoms with van der Waals surface area (Å²) in [6.07, 6.45) is 7.99. The molecule has 0 saturated heterocycles. The monoisotopic (exact) mass is 467 g/mol. The highest BCUT2D eigenvalue weighted by Crippen LogP contribution is 2.27. The van der Waals surface area contributed by atoms with Gasteiger partial charge in [-0.25, -0.2) is 0 Å². The molecule has 7 N–H and O–H groups in total. The largest absolute Gasteiger partial charge is 0.370 e. The fourth-order valence-electron chi connectivity index (χ4n) is 4.19. The third-order valence-electron chi connectivity index (χ3n) is 5.79. The zero-order valence-electron chi connectivity index (χ0n) is 20.3. The van der Waals surface area contributed by atoms with Crippen LogP contribution in [0.15, 0.2) is 4.99 Å². The molecule has 1 fully saturated rings. The summed E-state index contributed by atoms with van der Waals surface area (Å²) in [5, 5.41) is 8.28. The molecule has 0 spiro atoms. The highest BCUT2D eigenvalue weighted by atomic mass is 16.2. The summed E-state index contributed by atoms with van der Waals surface area (Å²) in [7, 11) is 0. The van der Waals surface area contributed by atoms with Crippen LogP contribution in [-0.4, -0.2) is 54.6 Å². The molecular formula is C23H42N6O4. The van der Waals surface area contributed by atoms with Gasteiger partial charge in [-0.05, 0) is 37.5 Å². The van der Waals surface area contributed by atoms with Crippen molar-refractivity contribution in [3.63, 3.8) is 0 Å². The Hall–Kier alpha value is -2.65. The van der Waals surface area contributed by atoms with Crippen molar-refractivity contribution in [3.8, 4) is 0 Å². The van der Waals surface area contributed by atoms with Crippen LogP contribution < -0.4 is 27.4 Å². The predicted molar refractivity (Wildman–Crippen MR) is 128 cm³/mol. The van der Waals surface area contributed by atoms with E-state index in [0.29, 0.717) is 44.4 Å². The molecule has 10 heteroatoms. The summed E-state index contributed by atoms with van der Waals surface area (Å²) in [5.74, 6) is -0.583. The molecule has 0 bridgehead atoms. The van der Waals surface area contributed by atoms with Gasteiger partial charge in [-0.2, -0.15) is 0 Å². The van der Waals surface area contributed by atoms with Crippen molar-refractivity contribution < 1.29 is 19.2 Å². The van der Waals surface area contributed by atoms with Crippen molar-refractivity contribution in [1.82, 2.24) is 16.0 Å². The minimum Gasteiger partial charge on any atom is -0.370 e. The third-order valence-corrected chi connectivity index (χ3v) is 5.79. The first-order valence-corrected chi connectivity index (χ1v) is 12.0. The van der Waals surface area contributed by atoms with Crippen molar-refractivity contribution >= 4 is 30.0 Å². The van der Waals surface area contributed by atoms with E-state index in [1.165, 1.54) is 13.3 Å². The van der Waals surface area contributed by atoms with E-state index in [4.69, 9.17) is 11.5 Å². The normalized spacial score (nSPS) is 16.8. The summed E-state index contributed by atoms with van der Waals surface area (Å²) < 4.78 is 0. The van der Waals surface area contributed by atoms with Gasteiger partial charge in [-0.1, -0.05) is 46.0 Å². The zero-order valence-corrected chi connectivity index (χ0v) is 20.3. The molecule has 1 aliphatic carbocycles. The van der Waals surface area contributed by atoms with Gasteiger partial charge in [0.05, 0.1) is 6.04 Å². The number of guanidine groups is 1. The van der Waals surface area contributed by atoms with Crippen LogP contribution in [0, 0.1) is 11.8 Å². The number of nitrogens with two attached hydrogens (primary N) is 2. The molecule has 3 atom stereocenters. The van der Waals surface area contributed by atoms with Crippen LogP contribution in [0.3, 0.4) is 0 Å². The molecular weight excluding hydrogens is 425 g/mol. The van der Waals surface area contributed by atoms with Crippen molar-refractivity contribution in [2.45, 2.75) is 96.7 Å². The Bertz CT molecular complexity index is 672. The van der Waals surface area contributed by atoms with Crippen molar-refractivity contribution in [3.05, 3.63) is 0 Å². The number of carbonyl (C=O) groups is 4. The number of nitrogens with zero attached hydrogens (tertiary/aromatic N) is 1. The molecule has 1 aliphatic rings. The Kier molecular flexibility index (Phi) is 13.1. The molecule has 0 unspecified atom stereocenters. The van der Waals surface area contributed by atoms with Gasteiger partial charge in [0.15, 0.2) is 5.96 Å². The number of aldehydes is 1. The lowest BCUT2D eigenvalue weighted by atomic mass is 9.84. The van der Waals surface area contributed by atoms with E-state index in [-0.39, 0.29) is 29.6 Å². The molecule has 1 rings (SSSR count). The third kappa shape index (κ3) is 12.2. The van der Waals surface area contributed by atoms with Gasteiger partial charge < -0.3 is 32.2 Å². The second-order valence-electron chi connectivity index (χ2n) is 9.38. The van der Waals surface area contributed by atoms with E-state index in [1.807, 2.05) is 13.8 Å². The maximum Gasteiger partial charge on any atom is 0.243 e. The first-order chi connectivity index (χ1) is 15.6. The first kappa shape index (κ1) is 28.4. The Balaban J connectivity index is 2.86. The molecule has 0 aromatic heterocycles.